The van der Waals surface area contributed by atoms with E-state index in [1.165, 1.54) is 13.0 Å². The van der Waals surface area contributed by atoms with Crippen LogP contribution in [0.15, 0.2) is 23.5 Å². The summed E-state index contributed by atoms with van der Waals surface area (Å²) in [5.41, 5.74) is -5.37. The lowest BCUT2D eigenvalue weighted by Gasteiger charge is -2.63. The molecule has 0 saturated heterocycles. The molecule has 0 unspecified atom stereocenters. The standard InChI is InChI=1S/C33H48O8/c1-10-25(38)41-28(2,3)14-13-23(36)33(9,40)26-21(35)16-30(6)22-12-11-18-19(15-20(34)27(39)29(18,4)5)32(22,8)24(37)17-31(26,30)7/h11,15,19,21-22,26,34-35,40H,10,12-14,16-17H2,1-9H3/t19-,21-,22+,26+,30+,31-,32+,33+/m1/s1. The minimum Gasteiger partial charge on any atom is -0.505 e. The van der Waals surface area contributed by atoms with Crippen LogP contribution in [-0.4, -0.2) is 55.9 Å². The van der Waals surface area contributed by atoms with Gasteiger partial charge in [0, 0.05) is 36.5 Å². The molecule has 228 valence electrons. The third kappa shape index (κ3) is 4.38. The molecule has 2 fully saturated rings. The largest absolute Gasteiger partial charge is 0.505 e. The van der Waals surface area contributed by atoms with Crippen LogP contribution in [0.1, 0.15) is 101 Å². The van der Waals surface area contributed by atoms with Gasteiger partial charge in [0.15, 0.2) is 11.5 Å². The molecule has 41 heavy (non-hydrogen) atoms. The van der Waals surface area contributed by atoms with E-state index in [0.29, 0.717) is 12.8 Å². The lowest BCUT2D eigenvalue weighted by atomic mass is 9.39. The molecule has 2 saturated carbocycles. The summed E-state index contributed by atoms with van der Waals surface area (Å²) in [5.74, 6) is -3.17. The molecule has 4 aliphatic carbocycles. The summed E-state index contributed by atoms with van der Waals surface area (Å²) < 4.78 is 5.46. The first kappa shape index (κ1) is 31.6. The Kier molecular flexibility index (Phi) is 7.40. The Labute approximate surface area is 243 Å². The highest BCUT2D eigenvalue weighted by atomic mass is 16.6. The molecule has 0 radical (unpaired) electrons. The first-order chi connectivity index (χ1) is 18.6. The highest BCUT2D eigenvalue weighted by Gasteiger charge is 2.74. The number of carbonyl (C=O) groups is 4. The fourth-order valence-electron chi connectivity index (χ4n) is 9.25. The van der Waals surface area contributed by atoms with Crippen LogP contribution in [0.4, 0.5) is 0 Å². The number of hydrogen-bond donors (Lipinski definition) is 3. The van der Waals surface area contributed by atoms with E-state index in [2.05, 4.69) is 6.92 Å². The van der Waals surface area contributed by atoms with Gasteiger partial charge in [-0.25, -0.2) is 0 Å². The van der Waals surface area contributed by atoms with Crippen molar-refractivity contribution in [1.29, 1.82) is 0 Å². The van der Waals surface area contributed by atoms with E-state index in [1.54, 1.807) is 34.6 Å². The minimum atomic E-state index is -1.92. The van der Waals surface area contributed by atoms with Gasteiger partial charge in [0.1, 0.15) is 17.0 Å². The molecule has 8 atom stereocenters. The zero-order valence-corrected chi connectivity index (χ0v) is 26.1. The summed E-state index contributed by atoms with van der Waals surface area (Å²) in [7, 11) is 0. The quantitative estimate of drug-likeness (QED) is 0.292. The van der Waals surface area contributed by atoms with Crippen molar-refractivity contribution < 1.29 is 39.2 Å². The van der Waals surface area contributed by atoms with E-state index in [4.69, 9.17) is 4.74 Å². The van der Waals surface area contributed by atoms with E-state index in [1.807, 2.05) is 19.9 Å². The maximum atomic E-state index is 14.3. The molecular weight excluding hydrogens is 524 g/mol. The zero-order valence-electron chi connectivity index (χ0n) is 26.1. The molecule has 4 rings (SSSR count). The Hall–Kier alpha value is -2.32. The molecular formula is C33H48O8. The maximum Gasteiger partial charge on any atom is 0.306 e. The highest BCUT2D eigenvalue weighted by molar-refractivity contribution is 6.02. The van der Waals surface area contributed by atoms with Gasteiger partial charge in [0.2, 0.25) is 5.78 Å². The van der Waals surface area contributed by atoms with Gasteiger partial charge >= 0.3 is 5.97 Å². The maximum absolute atomic E-state index is 14.3. The number of rotatable bonds is 7. The number of ketones is 3. The van der Waals surface area contributed by atoms with Crippen LogP contribution in [0.25, 0.3) is 0 Å². The second kappa shape index (κ2) is 9.60. The number of Topliss-reactive ketones (excluding diaryl/α,β-unsaturated/α-hetero) is 3. The average Bonchev–Trinajstić information content (AvgIpc) is 3.06. The first-order valence-electron chi connectivity index (χ1n) is 15.0. The Bertz CT molecular complexity index is 1240. The van der Waals surface area contributed by atoms with Crippen LogP contribution in [-0.2, 0) is 23.9 Å². The Morgan fingerprint density at radius 3 is 2.27 bits per heavy atom. The fraction of sp³-hybridized carbons (Fsp3) is 0.758. The van der Waals surface area contributed by atoms with E-state index in [-0.39, 0.29) is 54.9 Å². The third-order valence-corrected chi connectivity index (χ3v) is 11.8. The number of ether oxygens (including phenoxy) is 1. The van der Waals surface area contributed by atoms with Crippen molar-refractivity contribution in [1.82, 2.24) is 0 Å². The third-order valence-electron chi connectivity index (χ3n) is 11.8. The first-order valence-corrected chi connectivity index (χ1v) is 15.0. The molecule has 0 aliphatic heterocycles. The van der Waals surface area contributed by atoms with Gasteiger partial charge in [-0.2, -0.15) is 0 Å². The Balaban J connectivity index is 1.69. The fourth-order valence-corrected chi connectivity index (χ4v) is 9.25. The monoisotopic (exact) mass is 572 g/mol. The molecule has 0 aromatic heterocycles. The molecule has 8 heteroatoms. The minimum absolute atomic E-state index is 0.0496. The van der Waals surface area contributed by atoms with Gasteiger partial charge in [0.25, 0.3) is 0 Å². The number of allylic oxidation sites excluding steroid dienone is 4. The van der Waals surface area contributed by atoms with Crippen LogP contribution in [0.5, 0.6) is 0 Å². The molecule has 0 bridgehead atoms. The lowest BCUT2D eigenvalue weighted by Crippen LogP contribution is -2.64. The predicted molar refractivity (Wildman–Crippen MR) is 153 cm³/mol. The summed E-state index contributed by atoms with van der Waals surface area (Å²) in [6, 6.07) is 0. The number of aliphatic hydroxyl groups excluding tert-OH is 2. The summed E-state index contributed by atoms with van der Waals surface area (Å²) in [4.78, 5) is 52.6. The van der Waals surface area contributed by atoms with Crippen molar-refractivity contribution in [2.45, 2.75) is 118 Å². The normalized spacial score (nSPS) is 39.5. The molecule has 3 N–H and O–H groups in total. The van der Waals surface area contributed by atoms with Gasteiger partial charge in [-0.3, -0.25) is 19.2 Å². The SMILES string of the molecule is CCC(=O)OC(C)(C)CCC(=O)[C@](C)(O)[C@H]1[C@H](O)C[C@@]2(C)[C@@H]3CC=C4[C@@H](C=C(O)C(=O)C4(C)C)[C@]3(C)C(=O)C[C@]12C. The van der Waals surface area contributed by atoms with Crippen molar-refractivity contribution in [3.8, 4) is 0 Å². The zero-order chi connectivity index (χ0) is 31.1. The number of esters is 1. The summed E-state index contributed by atoms with van der Waals surface area (Å²) in [6.07, 6.45) is 3.78. The van der Waals surface area contributed by atoms with Crippen LogP contribution in [0.3, 0.4) is 0 Å². The smallest absolute Gasteiger partial charge is 0.306 e. The molecule has 4 aliphatic rings. The van der Waals surface area contributed by atoms with E-state index in [9.17, 15) is 34.5 Å². The number of aliphatic hydroxyl groups is 3. The second-order valence-electron chi connectivity index (χ2n) is 15.1. The van der Waals surface area contributed by atoms with Gasteiger partial charge < -0.3 is 20.1 Å². The van der Waals surface area contributed by atoms with E-state index >= 15 is 0 Å². The molecule has 0 spiro atoms. The van der Waals surface area contributed by atoms with Gasteiger partial charge in [0.05, 0.1) is 11.5 Å². The van der Waals surface area contributed by atoms with E-state index in [0.717, 1.165) is 5.57 Å². The van der Waals surface area contributed by atoms with Gasteiger partial charge in [-0.15, -0.1) is 0 Å². The molecule has 8 nitrogen and oxygen atoms in total. The molecule has 0 aromatic rings. The van der Waals surface area contributed by atoms with Crippen LogP contribution in [0.2, 0.25) is 0 Å². The number of fused-ring (bicyclic) bond motifs is 5. The van der Waals surface area contributed by atoms with Crippen molar-refractivity contribution in [2.75, 3.05) is 0 Å². The molecule has 0 aromatic carbocycles. The van der Waals surface area contributed by atoms with E-state index < -0.39 is 56.6 Å². The Morgan fingerprint density at radius 2 is 1.68 bits per heavy atom. The van der Waals surface area contributed by atoms with Crippen LogP contribution in [0, 0.1) is 39.4 Å². The molecule has 0 amide bonds. The van der Waals surface area contributed by atoms with Crippen LogP contribution < -0.4 is 0 Å². The van der Waals surface area contributed by atoms with Crippen molar-refractivity contribution >= 4 is 23.3 Å². The van der Waals surface area contributed by atoms with Crippen molar-refractivity contribution in [3.05, 3.63) is 23.5 Å². The molecule has 0 heterocycles. The van der Waals surface area contributed by atoms with Gasteiger partial charge in [-0.1, -0.05) is 39.3 Å². The summed E-state index contributed by atoms with van der Waals surface area (Å²) in [6.45, 7) is 16.0. The van der Waals surface area contributed by atoms with Crippen molar-refractivity contribution in [2.24, 2.45) is 39.4 Å². The summed E-state index contributed by atoms with van der Waals surface area (Å²) >= 11 is 0. The summed E-state index contributed by atoms with van der Waals surface area (Å²) in [5, 5.41) is 34.0. The lowest BCUT2D eigenvalue weighted by molar-refractivity contribution is -0.181. The number of hydrogen-bond acceptors (Lipinski definition) is 8. The van der Waals surface area contributed by atoms with Crippen molar-refractivity contribution in [3.63, 3.8) is 0 Å². The predicted octanol–water partition coefficient (Wildman–Crippen LogP) is 4.80. The van der Waals surface area contributed by atoms with Gasteiger partial charge in [-0.05, 0) is 76.7 Å². The Morgan fingerprint density at radius 1 is 1.07 bits per heavy atom. The topological polar surface area (TPSA) is 138 Å². The number of carbonyl (C=O) groups excluding carboxylic acids is 4. The second-order valence-corrected chi connectivity index (χ2v) is 15.1. The average molecular weight is 573 g/mol. The highest BCUT2D eigenvalue weighted by Crippen LogP contribution is 2.73. The van der Waals surface area contributed by atoms with Crippen LogP contribution >= 0.6 is 0 Å².